The van der Waals surface area contributed by atoms with Crippen molar-refractivity contribution in [2.75, 3.05) is 0 Å². The lowest BCUT2D eigenvalue weighted by molar-refractivity contribution is 0.458. The molecular weight excluding hydrogens is 290 g/mol. The number of hydrogen-bond donors (Lipinski definition) is 3. The van der Waals surface area contributed by atoms with Gasteiger partial charge in [-0.3, -0.25) is 5.10 Å². The molecule has 0 saturated carbocycles. The van der Waals surface area contributed by atoms with Crippen molar-refractivity contribution in [2.45, 2.75) is 43.9 Å². The molecule has 6 nitrogen and oxygen atoms in total. The van der Waals surface area contributed by atoms with Crippen LogP contribution in [0.5, 0.6) is 0 Å². The Hall–Kier alpha value is -1.60. The van der Waals surface area contributed by atoms with E-state index >= 15 is 0 Å². The number of thiol groups is 1. The summed E-state index contributed by atoms with van der Waals surface area (Å²) in [5, 5.41) is 6.80. The summed E-state index contributed by atoms with van der Waals surface area (Å²) in [5.41, 5.74) is 7.40. The van der Waals surface area contributed by atoms with E-state index < -0.39 is 15.5 Å². The fraction of sp³-hybridized carbons (Fsp3) is 0.500. The van der Waals surface area contributed by atoms with Crippen molar-refractivity contribution in [3.63, 3.8) is 0 Å². The maximum absolute atomic E-state index is 11.9. The first-order chi connectivity index (χ1) is 10.0. The van der Waals surface area contributed by atoms with Gasteiger partial charge in [0, 0.05) is 11.6 Å². The third-order valence-electron chi connectivity index (χ3n) is 3.79. The van der Waals surface area contributed by atoms with E-state index in [1.807, 2.05) is 0 Å². The minimum absolute atomic E-state index is 0.247. The van der Waals surface area contributed by atoms with Gasteiger partial charge >= 0.3 is 0 Å². The topological polar surface area (TPSA) is 102 Å². The Kier molecular flexibility index (Phi) is 4.84. The third kappa shape index (κ3) is 2.89. The second-order valence-corrected chi connectivity index (χ2v) is 6.66. The average Bonchev–Trinajstić information content (AvgIpc) is 3.14. The molecule has 0 radical (unpaired) electrons. The smallest absolute Gasteiger partial charge is 0.166 e. The zero-order valence-corrected chi connectivity index (χ0v) is 13.1. The Morgan fingerprint density at radius 2 is 2.29 bits per heavy atom. The number of nitrogens with two attached hydrogens (primary N) is 1. The van der Waals surface area contributed by atoms with Gasteiger partial charge in [0.2, 0.25) is 0 Å². The molecule has 0 spiro atoms. The summed E-state index contributed by atoms with van der Waals surface area (Å²) in [5.74, 6) is 0.354. The van der Waals surface area contributed by atoms with Crippen LogP contribution in [0.2, 0.25) is 0 Å². The molecule has 0 aliphatic carbocycles. The van der Waals surface area contributed by atoms with Crippen LogP contribution in [0.1, 0.15) is 56.2 Å². The van der Waals surface area contributed by atoms with Crippen LogP contribution in [-0.2, 0) is 15.5 Å². The number of hydrogen-bond acceptors (Lipinski definition) is 5. The second-order valence-electron chi connectivity index (χ2n) is 5.26. The van der Waals surface area contributed by atoms with Crippen LogP contribution in [0.25, 0.3) is 0 Å². The quantitative estimate of drug-likeness (QED) is 0.679. The van der Waals surface area contributed by atoms with Gasteiger partial charge in [0.15, 0.2) is 15.5 Å². The first-order valence-corrected chi connectivity index (χ1v) is 8.17. The molecule has 0 aliphatic heterocycles. The van der Waals surface area contributed by atoms with Gasteiger partial charge in [-0.15, -0.1) is 0 Å². The first-order valence-electron chi connectivity index (χ1n) is 6.99. The highest BCUT2D eigenvalue weighted by atomic mass is 32.2. The summed E-state index contributed by atoms with van der Waals surface area (Å²) in [6.45, 7) is 3.69. The van der Waals surface area contributed by atoms with Crippen molar-refractivity contribution in [3.8, 4) is 0 Å². The molecule has 0 aromatic carbocycles. The Morgan fingerprint density at radius 1 is 1.52 bits per heavy atom. The molecule has 2 rings (SSSR count). The van der Waals surface area contributed by atoms with E-state index in [2.05, 4.69) is 17.1 Å². The molecule has 0 fully saturated rings. The van der Waals surface area contributed by atoms with Crippen LogP contribution < -0.4 is 5.73 Å². The van der Waals surface area contributed by atoms with Crippen molar-refractivity contribution < 1.29 is 12.8 Å². The van der Waals surface area contributed by atoms with Gasteiger partial charge in [-0.25, -0.2) is 8.42 Å². The highest BCUT2D eigenvalue weighted by Gasteiger charge is 2.40. The molecule has 2 heterocycles. The number of aromatic amines is 1. The summed E-state index contributed by atoms with van der Waals surface area (Å²) in [6.07, 6.45) is 5.86. The molecule has 0 saturated heterocycles. The van der Waals surface area contributed by atoms with Gasteiger partial charge in [0.25, 0.3) is 0 Å². The minimum Gasteiger partial charge on any atom is -0.467 e. The summed E-state index contributed by atoms with van der Waals surface area (Å²) in [7, 11) is -2.82. The maximum Gasteiger partial charge on any atom is 0.166 e. The maximum atomic E-state index is 11.9. The van der Waals surface area contributed by atoms with Crippen molar-refractivity contribution >= 4 is 10.7 Å². The molecule has 21 heavy (non-hydrogen) atoms. The predicted octanol–water partition coefficient (Wildman–Crippen LogP) is 2.07. The lowest BCUT2D eigenvalue weighted by Crippen LogP contribution is -2.28. The number of unbranched alkanes of at least 4 members (excludes halogenated alkanes) is 1. The summed E-state index contributed by atoms with van der Waals surface area (Å²) in [6, 6.07) is 3.07. The van der Waals surface area contributed by atoms with E-state index in [0.717, 1.165) is 24.8 Å². The van der Waals surface area contributed by atoms with Crippen LogP contribution in [-0.4, -0.2) is 18.6 Å². The zero-order valence-electron chi connectivity index (χ0n) is 12.2. The molecule has 116 valence electrons. The third-order valence-corrected chi connectivity index (χ3v) is 4.96. The molecule has 2 aromatic heterocycles. The van der Waals surface area contributed by atoms with Gasteiger partial charge in [0.05, 0.1) is 18.2 Å². The van der Waals surface area contributed by atoms with Crippen molar-refractivity contribution in [3.05, 3.63) is 41.6 Å². The van der Waals surface area contributed by atoms with Gasteiger partial charge in [-0.05, 0) is 25.5 Å². The van der Waals surface area contributed by atoms with E-state index in [-0.39, 0.29) is 6.04 Å². The largest absolute Gasteiger partial charge is 0.467 e. The molecule has 7 heteroatoms. The SMILES string of the molecule is CCCCC(N)c1cn[nH]c1C(C)(c1ccco1)[SH](=O)=O. The van der Waals surface area contributed by atoms with E-state index in [0.29, 0.717) is 11.5 Å². The van der Waals surface area contributed by atoms with Crippen LogP contribution in [0.15, 0.2) is 29.0 Å². The van der Waals surface area contributed by atoms with Crippen molar-refractivity contribution in [1.29, 1.82) is 0 Å². The van der Waals surface area contributed by atoms with Gasteiger partial charge in [0.1, 0.15) is 5.76 Å². The van der Waals surface area contributed by atoms with Crippen molar-refractivity contribution in [1.82, 2.24) is 10.2 Å². The number of nitrogens with zero attached hydrogens (tertiary/aromatic N) is 1. The van der Waals surface area contributed by atoms with E-state index in [1.165, 1.54) is 6.26 Å². The minimum atomic E-state index is -2.82. The fourth-order valence-corrected chi connectivity index (χ4v) is 3.07. The number of nitrogens with one attached hydrogen (secondary N) is 1. The summed E-state index contributed by atoms with van der Waals surface area (Å²) < 4.78 is 27.8. The van der Waals surface area contributed by atoms with Crippen LogP contribution >= 0.6 is 0 Å². The van der Waals surface area contributed by atoms with Crippen LogP contribution in [0.3, 0.4) is 0 Å². The summed E-state index contributed by atoms with van der Waals surface area (Å²) in [4.78, 5) is 0. The fourth-order valence-electron chi connectivity index (χ4n) is 2.41. The average molecular weight is 311 g/mol. The molecule has 0 bridgehead atoms. The molecule has 2 unspecified atom stereocenters. The van der Waals surface area contributed by atoms with E-state index in [1.54, 1.807) is 25.3 Å². The van der Waals surface area contributed by atoms with Crippen LogP contribution in [0.4, 0.5) is 0 Å². The Morgan fingerprint density at radius 3 is 2.86 bits per heavy atom. The first kappa shape index (κ1) is 15.8. The second kappa shape index (κ2) is 6.44. The Balaban J connectivity index is 2.46. The number of aromatic nitrogens is 2. The van der Waals surface area contributed by atoms with Crippen molar-refractivity contribution in [2.24, 2.45) is 5.73 Å². The van der Waals surface area contributed by atoms with E-state index in [9.17, 15) is 8.42 Å². The molecule has 0 amide bonds. The van der Waals surface area contributed by atoms with Crippen LogP contribution in [0, 0.1) is 0 Å². The highest BCUT2D eigenvalue weighted by molar-refractivity contribution is 7.73. The highest BCUT2D eigenvalue weighted by Crippen LogP contribution is 2.36. The lowest BCUT2D eigenvalue weighted by Gasteiger charge is -2.22. The van der Waals surface area contributed by atoms with E-state index in [4.69, 9.17) is 10.2 Å². The van der Waals surface area contributed by atoms with Gasteiger partial charge in [-0.2, -0.15) is 5.10 Å². The predicted molar refractivity (Wildman–Crippen MR) is 80.5 cm³/mol. The molecule has 2 aromatic rings. The number of H-pyrrole nitrogens is 1. The van der Waals surface area contributed by atoms with Gasteiger partial charge < -0.3 is 10.2 Å². The Bertz CT molecular complexity index is 640. The lowest BCUT2D eigenvalue weighted by atomic mass is 9.94. The normalized spacial score (nSPS) is 16.0. The zero-order chi connectivity index (χ0) is 15.5. The number of furan rings is 1. The molecule has 3 N–H and O–H groups in total. The number of rotatable bonds is 7. The molecule has 0 aliphatic rings. The molecule has 2 atom stereocenters. The molecular formula is C14H21N3O3S. The summed E-state index contributed by atoms with van der Waals surface area (Å²) >= 11 is 0. The monoisotopic (exact) mass is 311 g/mol. The Labute approximate surface area is 125 Å². The van der Waals surface area contributed by atoms with Gasteiger partial charge in [-0.1, -0.05) is 19.8 Å². The standard InChI is InChI=1S/C14H21N3O3S/c1-3-4-6-11(15)10-9-16-17-13(10)14(2,21(18)19)12-7-5-8-20-12/h5,7-9,11,21H,3-4,6,15H2,1-2H3,(H,16,17).